The molecule has 110 valence electrons. The fraction of sp³-hybridized carbons (Fsp3) is 0.357. The number of amides is 1. The molecular weight excluding hydrogens is 290 g/mol. The molecule has 0 bridgehead atoms. The van der Waals surface area contributed by atoms with Crippen molar-refractivity contribution in [3.05, 3.63) is 38.8 Å². The lowest BCUT2D eigenvalue weighted by Gasteiger charge is -2.10. The molecule has 2 heterocycles. The largest absolute Gasteiger partial charge is 0.477 e. The molecule has 1 amide bonds. The summed E-state index contributed by atoms with van der Waals surface area (Å²) in [4.78, 5) is 24.1. The number of carboxylic acid groups (broad SMARTS) is 1. The number of nitrogens with zero attached hydrogens (tertiary/aromatic N) is 1. The van der Waals surface area contributed by atoms with E-state index < -0.39 is 5.97 Å². The van der Waals surface area contributed by atoms with Gasteiger partial charge >= 0.3 is 5.97 Å². The number of hydrogen-bond donors (Lipinski definition) is 3. The zero-order chi connectivity index (χ0) is 14.8. The van der Waals surface area contributed by atoms with Gasteiger partial charge in [-0.2, -0.15) is 5.10 Å². The molecule has 3 rings (SSSR count). The van der Waals surface area contributed by atoms with Crippen LogP contribution in [0.2, 0.25) is 0 Å². The topological polar surface area (TPSA) is 95.1 Å². The molecule has 0 fully saturated rings. The minimum absolute atomic E-state index is 0.209. The first-order valence-electron chi connectivity index (χ1n) is 6.81. The highest BCUT2D eigenvalue weighted by Gasteiger charge is 2.21. The van der Waals surface area contributed by atoms with Crippen LogP contribution in [0, 0.1) is 0 Å². The molecule has 0 spiro atoms. The van der Waals surface area contributed by atoms with Crippen LogP contribution in [0.4, 0.5) is 0 Å². The predicted molar refractivity (Wildman–Crippen MR) is 77.7 cm³/mol. The van der Waals surface area contributed by atoms with Crippen molar-refractivity contribution in [2.45, 2.75) is 32.2 Å². The van der Waals surface area contributed by atoms with Crippen LogP contribution < -0.4 is 5.32 Å². The number of hydrogen-bond acceptors (Lipinski definition) is 4. The summed E-state index contributed by atoms with van der Waals surface area (Å²) in [5, 5.41) is 18.7. The van der Waals surface area contributed by atoms with Crippen molar-refractivity contribution >= 4 is 23.2 Å². The normalized spacial score (nSPS) is 13.7. The average molecular weight is 305 g/mol. The summed E-state index contributed by atoms with van der Waals surface area (Å²) in [6.45, 7) is 0.318. The summed E-state index contributed by atoms with van der Waals surface area (Å²) in [7, 11) is 0. The molecule has 7 heteroatoms. The summed E-state index contributed by atoms with van der Waals surface area (Å²) >= 11 is 1.17. The van der Waals surface area contributed by atoms with Crippen molar-refractivity contribution in [1.29, 1.82) is 0 Å². The number of aromatic carboxylic acids is 1. The lowest BCUT2D eigenvalue weighted by molar-refractivity contribution is 0.0702. The van der Waals surface area contributed by atoms with Crippen LogP contribution in [0.25, 0.3) is 0 Å². The number of rotatable bonds is 4. The minimum atomic E-state index is -0.945. The van der Waals surface area contributed by atoms with Crippen molar-refractivity contribution in [3.63, 3.8) is 0 Å². The summed E-state index contributed by atoms with van der Waals surface area (Å²) in [5.74, 6) is -1.15. The van der Waals surface area contributed by atoms with E-state index in [1.165, 1.54) is 11.3 Å². The first-order chi connectivity index (χ1) is 10.1. The Morgan fingerprint density at radius 3 is 2.90 bits per heavy atom. The van der Waals surface area contributed by atoms with Gasteiger partial charge in [-0.1, -0.05) is 0 Å². The first-order valence-corrected chi connectivity index (χ1v) is 7.63. The number of carbonyl (C=O) groups is 2. The molecule has 1 aliphatic carbocycles. The number of aromatic amines is 1. The maximum atomic E-state index is 12.2. The second-order valence-electron chi connectivity index (χ2n) is 4.99. The van der Waals surface area contributed by atoms with Crippen molar-refractivity contribution in [1.82, 2.24) is 15.5 Å². The molecule has 0 atom stereocenters. The number of aryl methyl sites for hydroxylation is 1. The fourth-order valence-electron chi connectivity index (χ4n) is 2.51. The SMILES string of the molecule is O=C(O)c1ccc(CNC(=O)c2n[nH]c3c2CCCC3)s1. The zero-order valence-electron chi connectivity index (χ0n) is 11.3. The van der Waals surface area contributed by atoms with E-state index in [9.17, 15) is 9.59 Å². The Morgan fingerprint density at radius 2 is 2.14 bits per heavy atom. The third-order valence-electron chi connectivity index (χ3n) is 3.57. The summed E-state index contributed by atoms with van der Waals surface area (Å²) in [6, 6.07) is 3.26. The molecular formula is C14H15N3O3S. The average Bonchev–Trinajstić information content (AvgIpc) is 3.11. The maximum absolute atomic E-state index is 12.2. The lowest BCUT2D eigenvalue weighted by atomic mass is 9.96. The minimum Gasteiger partial charge on any atom is -0.477 e. The van der Waals surface area contributed by atoms with Gasteiger partial charge in [0, 0.05) is 16.1 Å². The van der Waals surface area contributed by atoms with Crippen LogP contribution in [-0.2, 0) is 19.4 Å². The van der Waals surface area contributed by atoms with Gasteiger partial charge in [-0.25, -0.2) is 4.79 Å². The Kier molecular flexibility index (Phi) is 3.74. The zero-order valence-corrected chi connectivity index (χ0v) is 12.1. The van der Waals surface area contributed by atoms with E-state index in [0.717, 1.165) is 41.8 Å². The van der Waals surface area contributed by atoms with Crippen molar-refractivity contribution in [2.24, 2.45) is 0 Å². The molecule has 0 radical (unpaired) electrons. The third-order valence-corrected chi connectivity index (χ3v) is 4.64. The summed E-state index contributed by atoms with van der Waals surface area (Å²) < 4.78 is 0. The summed E-state index contributed by atoms with van der Waals surface area (Å²) in [6.07, 6.45) is 4.04. The number of carbonyl (C=O) groups excluding carboxylic acids is 1. The van der Waals surface area contributed by atoms with E-state index in [0.29, 0.717) is 12.2 Å². The monoisotopic (exact) mass is 305 g/mol. The molecule has 0 unspecified atom stereocenters. The smallest absolute Gasteiger partial charge is 0.345 e. The van der Waals surface area contributed by atoms with Gasteiger partial charge in [-0.05, 0) is 37.8 Å². The molecule has 2 aromatic heterocycles. The Labute approximate surface area is 125 Å². The van der Waals surface area contributed by atoms with Gasteiger partial charge in [-0.15, -0.1) is 11.3 Å². The van der Waals surface area contributed by atoms with Crippen LogP contribution in [0.3, 0.4) is 0 Å². The highest BCUT2D eigenvalue weighted by atomic mass is 32.1. The van der Waals surface area contributed by atoms with Gasteiger partial charge in [0.15, 0.2) is 5.69 Å². The quantitative estimate of drug-likeness (QED) is 0.805. The van der Waals surface area contributed by atoms with Crippen molar-refractivity contribution in [3.8, 4) is 0 Å². The molecule has 6 nitrogen and oxygen atoms in total. The number of aromatic nitrogens is 2. The fourth-order valence-corrected chi connectivity index (χ4v) is 3.29. The van der Waals surface area contributed by atoms with Crippen LogP contribution in [0.15, 0.2) is 12.1 Å². The van der Waals surface area contributed by atoms with E-state index >= 15 is 0 Å². The molecule has 1 aliphatic rings. The third kappa shape index (κ3) is 2.82. The van der Waals surface area contributed by atoms with E-state index in [1.807, 2.05) is 0 Å². The summed E-state index contributed by atoms with van der Waals surface area (Å²) in [5.41, 5.74) is 2.56. The number of thiophene rings is 1. The Morgan fingerprint density at radius 1 is 1.33 bits per heavy atom. The second-order valence-corrected chi connectivity index (χ2v) is 6.16. The van der Waals surface area contributed by atoms with Crippen molar-refractivity contribution in [2.75, 3.05) is 0 Å². The van der Waals surface area contributed by atoms with E-state index in [1.54, 1.807) is 12.1 Å². The lowest BCUT2D eigenvalue weighted by Crippen LogP contribution is -2.24. The predicted octanol–water partition coefficient (Wildman–Crippen LogP) is 1.98. The van der Waals surface area contributed by atoms with Crippen molar-refractivity contribution < 1.29 is 14.7 Å². The van der Waals surface area contributed by atoms with Gasteiger partial charge in [0.1, 0.15) is 4.88 Å². The highest BCUT2D eigenvalue weighted by molar-refractivity contribution is 7.13. The standard InChI is InChI=1S/C14H15N3O3S/c18-13(12-9-3-1-2-4-10(9)16-17-12)15-7-8-5-6-11(21-8)14(19)20/h5-6H,1-4,7H2,(H,15,18)(H,16,17)(H,19,20). The van der Waals surface area contributed by atoms with Crippen LogP contribution in [0.1, 0.15) is 49.1 Å². The number of fused-ring (bicyclic) bond motifs is 1. The van der Waals surface area contributed by atoms with Gasteiger partial charge in [-0.3, -0.25) is 9.89 Å². The Balaban J connectivity index is 1.66. The molecule has 0 aliphatic heterocycles. The number of H-pyrrole nitrogens is 1. The van der Waals surface area contributed by atoms with Gasteiger partial charge in [0.25, 0.3) is 5.91 Å². The Bertz CT molecular complexity index is 689. The number of carboxylic acids is 1. The second kappa shape index (κ2) is 5.69. The maximum Gasteiger partial charge on any atom is 0.345 e. The molecule has 3 N–H and O–H groups in total. The van der Waals surface area contributed by atoms with Crippen LogP contribution in [0.5, 0.6) is 0 Å². The molecule has 0 saturated carbocycles. The molecule has 2 aromatic rings. The first kappa shape index (κ1) is 13.8. The number of nitrogens with one attached hydrogen (secondary N) is 2. The van der Waals surface area contributed by atoms with Crippen LogP contribution >= 0.6 is 11.3 Å². The molecule has 0 aromatic carbocycles. The van der Waals surface area contributed by atoms with Gasteiger partial charge in [0.2, 0.25) is 0 Å². The van der Waals surface area contributed by atoms with E-state index in [2.05, 4.69) is 15.5 Å². The highest BCUT2D eigenvalue weighted by Crippen LogP contribution is 2.22. The van der Waals surface area contributed by atoms with Crippen LogP contribution in [-0.4, -0.2) is 27.2 Å². The molecule has 0 saturated heterocycles. The van der Waals surface area contributed by atoms with E-state index in [-0.39, 0.29) is 10.8 Å². The molecule has 21 heavy (non-hydrogen) atoms. The Hall–Kier alpha value is -2.15. The van der Waals surface area contributed by atoms with Gasteiger partial charge < -0.3 is 10.4 Å². The van der Waals surface area contributed by atoms with E-state index in [4.69, 9.17) is 5.11 Å². The van der Waals surface area contributed by atoms with Gasteiger partial charge in [0.05, 0.1) is 6.54 Å².